The average molecular weight is 172 g/mol. The van der Waals surface area contributed by atoms with E-state index in [2.05, 4.69) is 15.3 Å². The predicted molar refractivity (Wildman–Crippen MR) is 43.4 cm³/mol. The van der Waals surface area contributed by atoms with E-state index in [4.69, 9.17) is 10.3 Å². The molecule has 0 aromatic heterocycles. The van der Waals surface area contributed by atoms with E-state index in [1.807, 2.05) is 0 Å². The van der Waals surface area contributed by atoms with Crippen LogP contribution in [0, 0.1) is 0 Å². The van der Waals surface area contributed by atoms with E-state index >= 15 is 0 Å². The highest BCUT2D eigenvalue weighted by atomic mass is 16.6. The van der Waals surface area contributed by atoms with E-state index in [1.165, 1.54) is 0 Å². The number of hydrogen-bond acceptors (Lipinski definition) is 3. The summed E-state index contributed by atoms with van der Waals surface area (Å²) in [5.41, 5.74) is 7.35. The Bertz CT molecular complexity index is 202. The van der Waals surface area contributed by atoms with Gasteiger partial charge in [-0.15, -0.1) is 0 Å². The molecule has 0 aromatic rings. The lowest BCUT2D eigenvalue weighted by atomic mass is 10.2. The lowest BCUT2D eigenvalue weighted by Crippen LogP contribution is -2.32. The number of azide groups is 1. The van der Waals surface area contributed by atoms with E-state index < -0.39 is 11.7 Å². The van der Waals surface area contributed by atoms with E-state index in [0.717, 1.165) is 0 Å². The van der Waals surface area contributed by atoms with Gasteiger partial charge in [0.15, 0.2) is 0 Å². The standard InChI is InChI=1S/C6H12N4O2/c1-6(2,3)12-5(11)8-4-9-10-7/h4H2,1-3H3,(H,8,11). The average Bonchev–Trinajstić information content (AvgIpc) is 1.84. The highest BCUT2D eigenvalue weighted by Gasteiger charge is 2.14. The number of carbonyl (C=O) groups is 1. The van der Waals surface area contributed by atoms with Gasteiger partial charge >= 0.3 is 6.09 Å². The van der Waals surface area contributed by atoms with Crippen LogP contribution in [0.4, 0.5) is 4.79 Å². The van der Waals surface area contributed by atoms with Crippen molar-refractivity contribution in [3.63, 3.8) is 0 Å². The van der Waals surface area contributed by atoms with E-state index in [1.54, 1.807) is 20.8 Å². The van der Waals surface area contributed by atoms with Gasteiger partial charge in [-0.25, -0.2) is 4.79 Å². The van der Waals surface area contributed by atoms with Crippen molar-refractivity contribution in [2.24, 2.45) is 5.11 Å². The first-order chi connectivity index (χ1) is 5.45. The Morgan fingerprint density at radius 1 is 1.67 bits per heavy atom. The molecule has 0 radical (unpaired) electrons. The molecule has 0 saturated carbocycles. The molecule has 0 aliphatic carbocycles. The van der Waals surface area contributed by atoms with Crippen molar-refractivity contribution < 1.29 is 9.53 Å². The summed E-state index contributed by atoms with van der Waals surface area (Å²) in [4.78, 5) is 13.3. The van der Waals surface area contributed by atoms with Crippen LogP contribution in [0.5, 0.6) is 0 Å². The van der Waals surface area contributed by atoms with Crippen molar-refractivity contribution in [3.05, 3.63) is 10.4 Å². The molecule has 12 heavy (non-hydrogen) atoms. The van der Waals surface area contributed by atoms with Gasteiger partial charge in [-0.1, -0.05) is 5.11 Å². The molecule has 0 aliphatic rings. The molecule has 0 spiro atoms. The fraction of sp³-hybridized carbons (Fsp3) is 0.833. The number of amides is 1. The third-order valence-electron chi connectivity index (χ3n) is 0.756. The monoisotopic (exact) mass is 172 g/mol. The molecule has 6 nitrogen and oxygen atoms in total. The van der Waals surface area contributed by atoms with Gasteiger partial charge in [-0.2, -0.15) is 0 Å². The molecule has 0 unspecified atom stereocenters. The largest absolute Gasteiger partial charge is 0.444 e. The van der Waals surface area contributed by atoms with Gasteiger partial charge in [0.25, 0.3) is 0 Å². The molecule has 0 bridgehead atoms. The van der Waals surface area contributed by atoms with E-state index in [-0.39, 0.29) is 6.67 Å². The third-order valence-corrected chi connectivity index (χ3v) is 0.756. The maximum Gasteiger partial charge on any atom is 0.407 e. The Morgan fingerprint density at radius 2 is 2.25 bits per heavy atom. The second-order valence-corrected chi connectivity index (χ2v) is 3.07. The summed E-state index contributed by atoms with van der Waals surface area (Å²) in [5, 5.41) is 5.37. The summed E-state index contributed by atoms with van der Waals surface area (Å²) in [6, 6.07) is 0. The van der Waals surface area contributed by atoms with Crippen molar-refractivity contribution in [2.75, 3.05) is 6.67 Å². The maximum atomic E-state index is 10.8. The van der Waals surface area contributed by atoms with Crippen LogP contribution in [0.1, 0.15) is 20.8 Å². The molecule has 1 N–H and O–H groups in total. The first-order valence-corrected chi connectivity index (χ1v) is 3.43. The first kappa shape index (κ1) is 10.6. The quantitative estimate of drug-likeness (QED) is 0.391. The Balaban J connectivity index is 3.68. The van der Waals surface area contributed by atoms with Gasteiger partial charge in [0.2, 0.25) is 0 Å². The lowest BCUT2D eigenvalue weighted by Gasteiger charge is -2.19. The highest BCUT2D eigenvalue weighted by Crippen LogP contribution is 2.05. The Morgan fingerprint density at radius 3 is 2.67 bits per heavy atom. The Kier molecular flexibility index (Phi) is 3.93. The summed E-state index contributed by atoms with van der Waals surface area (Å²) in [5.74, 6) is 0. The van der Waals surface area contributed by atoms with Gasteiger partial charge in [0.1, 0.15) is 5.60 Å². The molecule has 1 amide bonds. The second-order valence-electron chi connectivity index (χ2n) is 3.07. The minimum absolute atomic E-state index is 0.0919. The Hall–Kier alpha value is -1.42. The molecule has 0 aromatic carbocycles. The third kappa shape index (κ3) is 6.70. The summed E-state index contributed by atoms with van der Waals surface area (Å²) in [7, 11) is 0. The van der Waals surface area contributed by atoms with Crippen LogP contribution >= 0.6 is 0 Å². The van der Waals surface area contributed by atoms with Gasteiger partial charge in [-0.3, -0.25) is 0 Å². The van der Waals surface area contributed by atoms with Crippen molar-refractivity contribution in [1.82, 2.24) is 5.32 Å². The number of nitrogens with one attached hydrogen (secondary N) is 1. The van der Waals surface area contributed by atoms with Crippen LogP contribution in [-0.2, 0) is 4.74 Å². The molecule has 0 fully saturated rings. The zero-order chi connectivity index (χ0) is 9.61. The zero-order valence-electron chi connectivity index (χ0n) is 7.37. The molecule has 0 atom stereocenters. The van der Waals surface area contributed by atoms with Crippen molar-refractivity contribution in [1.29, 1.82) is 0 Å². The predicted octanol–water partition coefficient (Wildman–Crippen LogP) is 1.78. The molecule has 6 heteroatoms. The lowest BCUT2D eigenvalue weighted by molar-refractivity contribution is 0.0529. The normalized spacial score (nSPS) is 9.92. The zero-order valence-corrected chi connectivity index (χ0v) is 7.37. The summed E-state index contributed by atoms with van der Waals surface area (Å²) in [6.07, 6.45) is -0.588. The van der Waals surface area contributed by atoms with Gasteiger partial charge < -0.3 is 10.1 Å². The molecule has 0 saturated heterocycles. The fourth-order valence-corrected chi connectivity index (χ4v) is 0.446. The molecule has 0 aliphatic heterocycles. The molecule has 0 heterocycles. The molecule has 0 rings (SSSR count). The smallest absolute Gasteiger partial charge is 0.407 e. The summed E-state index contributed by atoms with van der Waals surface area (Å²) >= 11 is 0. The minimum Gasteiger partial charge on any atom is -0.444 e. The fourth-order valence-electron chi connectivity index (χ4n) is 0.446. The van der Waals surface area contributed by atoms with E-state index in [9.17, 15) is 4.79 Å². The van der Waals surface area contributed by atoms with E-state index in [0.29, 0.717) is 0 Å². The minimum atomic E-state index is -0.588. The van der Waals surface area contributed by atoms with Crippen molar-refractivity contribution >= 4 is 6.09 Å². The van der Waals surface area contributed by atoms with Gasteiger partial charge in [0.05, 0.1) is 6.67 Å². The van der Waals surface area contributed by atoms with Crippen LogP contribution in [0.15, 0.2) is 5.11 Å². The van der Waals surface area contributed by atoms with Crippen LogP contribution in [0.3, 0.4) is 0 Å². The second kappa shape index (κ2) is 4.46. The molecule has 68 valence electrons. The maximum absolute atomic E-state index is 10.8. The molecular weight excluding hydrogens is 160 g/mol. The summed E-state index contributed by atoms with van der Waals surface area (Å²) < 4.78 is 4.85. The van der Waals surface area contributed by atoms with Gasteiger partial charge in [-0.05, 0) is 26.3 Å². The number of alkyl carbamates (subject to hydrolysis) is 1. The number of rotatable bonds is 2. The van der Waals surface area contributed by atoms with Crippen LogP contribution < -0.4 is 5.32 Å². The molecular formula is C6H12N4O2. The van der Waals surface area contributed by atoms with Crippen molar-refractivity contribution in [2.45, 2.75) is 26.4 Å². The SMILES string of the molecule is CC(C)(C)OC(=O)NCN=[N+]=[N-]. The van der Waals surface area contributed by atoms with Crippen molar-refractivity contribution in [3.8, 4) is 0 Å². The topological polar surface area (TPSA) is 87.1 Å². The van der Waals surface area contributed by atoms with Crippen LogP contribution in [-0.4, -0.2) is 18.4 Å². The van der Waals surface area contributed by atoms with Crippen LogP contribution in [0.25, 0.3) is 10.4 Å². The number of hydrogen-bond donors (Lipinski definition) is 1. The first-order valence-electron chi connectivity index (χ1n) is 3.43. The van der Waals surface area contributed by atoms with Crippen LogP contribution in [0.2, 0.25) is 0 Å². The summed E-state index contributed by atoms with van der Waals surface area (Å²) in [6.45, 7) is 5.16. The highest BCUT2D eigenvalue weighted by molar-refractivity contribution is 5.67. The number of ether oxygens (including phenoxy) is 1. The number of nitrogens with zero attached hydrogens (tertiary/aromatic N) is 3. The van der Waals surface area contributed by atoms with Gasteiger partial charge in [0, 0.05) is 4.91 Å². The number of carbonyl (C=O) groups excluding carboxylic acids is 1. The Labute approximate surface area is 70.5 Å².